The monoisotopic (exact) mass is 470 g/mol. The smallest absolute Gasteiger partial charge is 0.142 e. The molecule has 1 aromatic carbocycles. The molecule has 0 bridgehead atoms. The van der Waals surface area contributed by atoms with Gasteiger partial charge >= 0.3 is 0 Å². The van der Waals surface area contributed by atoms with E-state index in [0.717, 1.165) is 33.3 Å². The average Bonchev–Trinajstić information content (AvgIpc) is 2.38. The van der Waals surface area contributed by atoms with Crippen LogP contribution >= 0.6 is 45.2 Å². The highest BCUT2D eigenvalue weighted by Gasteiger charge is 2.20. The number of nitrogens with one attached hydrogen (secondary N) is 1. The van der Waals surface area contributed by atoms with Gasteiger partial charge in [0, 0.05) is 26.2 Å². The van der Waals surface area contributed by atoms with Crippen molar-refractivity contribution in [2.75, 3.05) is 26.2 Å². The van der Waals surface area contributed by atoms with E-state index in [2.05, 4.69) is 62.0 Å². The Kier molecular flexibility index (Phi) is 5.28. The summed E-state index contributed by atoms with van der Waals surface area (Å²) >= 11 is 4.35. The lowest BCUT2D eigenvalue weighted by molar-refractivity contribution is 0.203. The molecule has 0 saturated carbocycles. The first-order valence-electron chi connectivity index (χ1n) is 5.88. The van der Waals surface area contributed by atoms with Crippen molar-refractivity contribution in [2.24, 2.45) is 0 Å². The normalized spacial score (nSPS) is 18.6. The largest absolute Gasteiger partial charge is 0.506 e. The van der Waals surface area contributed by atoms with Gasteiger partial charge < -0.3 is 10.4 Å². The molecule has 1 heterocycles. The number of phenolic OH excluding ortho intramolecular Hbond substituents is 1. The van der Waals surface area contributed by atoms with Crippen LogP contribution in [0.4, 0.5) is 0 Å². The summed E-state index contributed by atoms with van der Waals surface area (Å²) in [5.74, 6) is 0.378. The predicted octanol–water partition coefficient (Wildman–Crippen LogP) is 2.73. The minimum atomic E-state index is 0.231. The van der Waals surface area contributed by atoms with Gasteiger partial charge in [-0.1, -0.05) is 6.08 Å². The van der Waals surface area contributed by atoms with Crippen LogP contribution in [0.2, 0.25) is 0 Å². The first-order valence-corrected chi connectivity index (χ1v) is 8.04. The van der Waals surface area contributed by atoms with Crippen molar-refractivity contribution in [3.8, 4) is 5.75 Å². The molecule has 0 amide bonds. The summed E-state index contributed by atoms with van der Waals surface area (Å²) in [5.41, 5.74) is 1.21. The van der Waals surface area contributed by atoms with Crippen LogP contribution in [0, 0.1) is 7.14 Å². The zero-order chi connectivity index (χ0) is 13.1. The Hall–Kier alpha value is 0.140. The second kappa shape index (κ2) is 6.53. The summed E-state index contributed by atoms with van der Waals surface area (Å²) in [5, 5.41) is 13.2. The molecule has 1 aromatic rings. The van der Waals surface area contributed by atoms with Gasteiger partial charge in [-0.25, -0.2) is 0 Å². The third kappa shape index (κ3) is 3.17. The zero-order valence-electron chi connectivity index (χ0n) is 10.00. The Labute approximate surface area is 135 Å². The zero-order valence-corrected chi connectivity index (χ0v) is 14.3. The standard InChI is InChI=1S/C13H16I2N2O/c1-2-12(17-5-3-16-4-6-17)9-7-10(14)13(18)11(15)8-9/h2,7-8,12,16,18H,1,3-6H2/t12-/m0/s1. The lowest BCUT2D eigenvalue weighted by Gasteiger charge is -2.33. The minimum absolute atomic E-state index is 0.231. The van der Waals surface area contributed by atoms with E-state index < -0.39 is 0 Å². The van der Waals surface area contributed by atoms with Crippen molar-refractivity contribution < 1.29 is 5.11 Å². The SMILES string of the molecule is C=C[C@@H](c1cc(I)c(O)c(I)c1)N1CCNCC1. The van der Waals surface area contributed by atoms with E-state index in [0.29, 0.717) is 5.75 Å². The van der Waals surface area contributed by atoms with E-state index in [-0.39, 0.29) is 6.04 Å². The average molecular weight is 470 g/mol. The van der Waals surface area contributed by atoms with Crippen LogP contribution in [-0.2, 0) is 0 Å². The molecular formula is C13H16I2N2O. The highest BCUT2D eigenvalue weighted by atomic mass is 127. The fourth-order valence-corrected chi connectivity index (χ4v) is 4.03. The van der Waals surface area contributed by atoms with Crippen LogP contribution in [0.1, 0.15) is 11.6 Å². The van der Waals surface area contributed by atoms with Crippen LogP contribution in [0.25, 0.3) is 0 Å². The summed E-state index contributed by atoms with van der Waals surface area (Å²) < 4.78 is 1.80. The Morgan fingerprint density at radius 1 is 1.28 bits per heavy atom. The minimum Gasteiger partial charge on any atom is -0.506 e. The van der Waals surface area contributed by atoms with Crippen LogP contribution in [0.5, 0.6) is 5.75 Å². The third-order valence-corrected chi connectivity index (χ3v) is 4.79. The number of piperazine rings is 1. The second-order valence-electron chi connectivity index (χ2n) is 4.30. The Morgan fingerprint density at radius 3 is 2.33 bits per heavy atom. The Morgan fingerprint density at radius 2 is 1.83 bits per heavy atom. The molecular weight excluding hydrogens is 454 g/mol. The molecule has 0 aliphatic carbocycles. The molecule has 1 aliphatic rings. The van der Waals surface area contributed by atoms with Crippen molar-refractivity contribution >= 4 is 45.2 Å². The topological polar surface area (TPSA) is 35.5 Å². The van der Waals surface area contributed by atoms with Crippen molar-refractivity contribution in [1.82, 2.24) is 10.2 Å². The molecule has 0 unspecified atom stereocenters. The maximum atomic E-state index is 9.83. The summed E-state index contributed by atoms with van der Waals surface area (Å²) in [6, 6.07) is 4.33. The van der Waals surface area contributed by atoms with E-state index in [9.17, 15) is 5.11 Å². The summed E-state index contributed by atoms with van der Waals surface area (Å²) in [6.07, 6.45) is 1.99. The molecule has 5 heteroatoms. The maximum Gasteiger partial charge on any atom is 0.142 e. The van der Waals surface area contributed by atoms with Crippen LogP contribution in [-0.4, -0.2) is 36.2 Å². The number of hydrogen-bond donors (Lipinski definition) is 2. The van der Waals surface area contributed by atoms with Gasteiger partial charge in [0.25, 0.3) is 0 Å². The van der Waals surface area contributed by atoms with E-state index in [1.54, 1.807) is 0 Å². The second-order valence-corrected chi connectivity index (χ2v) is 6.62. The number of hydrogen-bond acceptors (Lipinski definition) is 3. The lowest BCUT2D eigenvalue weighted by atomic mass is 10.0. The fraction of sp³-hybridized carbons (Fsp3) is 0.385. The summed E-state index contributed by atoms with van der Waals surface area (Å²) in [4.78, 5) is 2.42. The molecule has 2 N–H and O–H groups in total. The molecule has 0 aromatic heterocycles. The molecule has 2 rings (SSSR count). The molecule has 0 radical (unpaired) electrons. The van der Waals surface area contributed by atoms with Gasteiger partial charge in [-0.05, 0) is 62.9 Å². The van der Waals surface area contributed by atoms with Gasteiger partial charge in [0.1, 0.15) is 5.75 Å². The Balaban J connectivity index is 2.29. The molecule has 18 heavy (non-hydrogen) atoms. The molecule has 0 spiro atoms. The summed E-state index contributed by atoms with van der Waals surface area (Å²) in [6.45, 7) is 8.08. The van der Waals surface area contributed by atoms with Crippen LogP contribution in [0.3, 0.4) is 0 Å². The van der Waals surface area contributed by atoms with E-state index in [4.69, 9.17) is 0 Å². The molecule has 1 fully saturated rings. The highest BCUT2D eigenvalue weighted by molar-refractivity contribution is 14.1. The van der Waals surface area contributed by atoms with Crippen LogP contribution < -0.4 is 5.32 Å². The number of aromatic hydroxyl groups is 1. The maximum absolute atomic E-state index is 9.83. The van der Waals surface area contributed by atoms with E-state index >= 15 is 0 Å². The van der Waals surface area contributed by atoms with Gasteiger partial charge in [0.2, 0.25) is 0 Å². The highest BCUT2D eigenvalue weighted by Crippen LogP contribution is 2.32. The number of nitrogens with zero attached hydrogens (tertiary/aromatic N) is 1. The molecule has 1 aliphatic heterocycles. The fourth-order valence-electron chi connectivity index (χ4n) is 2.21. The third-order valence-electron chi connectivity index (χ3n) is 3.15. The first kappa shape index (κ1) is 14.5. The number of rotatable bonds is 3. The summed E-state index contributed by atoms with van der Waals surface area (Å²) in [7, 11) is 0. The van der Waals surface area contributed by atoms with Crippen LogP contribution in [0.15, 0.2) is 24.8 Å². The predicted molar refractivity (Wildman–Crippen MR) is 90.9 cm³/mol. The van der Waals surface area contributed by atoms with Gasteiger partial charge in [-0.3, -0.25) is 4.90 Å². The first-order chi connectivity index (χ1) is 8.63. The van der Waals surface area contributed by atoms with Crippen molar-refractivity contribution in [1.29, 1.82) is 0 Å². The van der Waals surface area contributed by atoms with Gasteiger partial charge in [0.05, 0.1) is 13.2 Å². The molecule has 1 atom stereocenters. The molecule has 3 nitrogen and oxygen atoms in total. The van der Waals surface area contributed by atoms with Crippen molar-refractivity contribution in [2.45, 2.75) is 6.04 Å². The van der Waals surface area contributed by atoms with Gasteiger partial charge in [0.15, 0.2) is 0 Å². The lowest BCUT2D eigenvalue weighted by Crippen LogP contribution is -2.44. The van der Waals surface area contributed by atoms with Crippen molar-refractivity contribution in [3.05, 3.63) is 37.5 Å². The van der Waals surface area contributed by atoms with E-state index in [1.165, 1.54) is 5.56 Å². The van der Waals surface area contributed by atoms with Gasteiger partial charge in [-0.2, -0.15) is 0 Å². The molecule has 98 valence electrons. The Bertz CT molecular complexity index is 422. The quantitative estimate of drug-likeness (QED) is 0.528. The number of benzene rings is 1. The van der Waals surface area contributed by atoms with E-state index in [1.807, 2.05) is 18.2 Å². The molecule has 1 saturated heterocycles. The van der Waals surface area contributed by atoms with Gasteiger partial charge in [-0.15, -0.1) is 6.58 Å². The van der Waals surface area contributed by atoms with Crippen molar-refractivity contribution in [3.63, 3.8) is 0 Å². The number of halogens is 2. The number of phenols is 1.